The Morgan fingerprint density at radius 2 is 1.94 bits per heavy atom. The lowest BCUT2D eigenvalue weighted by Crippen LogP contribution is -2.43. The highest BCUT2D eigenvalue weighted by Crippen LogP contribution is 2.01. The molecule has 1 aliphatic heterocycles. The molecule has 0 spiro atoms. The van der Waals surface area contributed by atoms with E-state index in [4.69, 9.17) is 10.5 Å². The Morgan fingerprint density at radius 1 is 1.31 bits per heavy atom. The number of ether oxygens (including phenoxy) is 1. The molecule has 0 aliphatic carbocycles. The van der Waals surface area contributed by atoms with Crippen molar-refractivity contribution in [3.63, 3.8) is 0 Å². The maximum Gasteiger partial charge on any atom is 0.237 e. The van der Waals surface area contributed by atoms with Crippen LogP contribution in [0.15, 0.2) is 0 Å². The number of amides is 1. The quantitative estimate of drug-likeness (QED) is 0.649. The minimum Gasteiger partial charge on any atom is -0.378 e. The molecular weight excluding hydrogens is 232 g/mol. The normalized spacial score (nSPS) is 17.4. The number of hydrogen-bond acceptors (Lipinski definition) is 5. The first-order chi connectivity index (χ1) is 7.55. The summed E-state index contributed by atoms with van der Waals surface area (Å²) in [7, 11) is -3.30. The zero-order chi connectivity index (χ0) is 12.0. The van der Waals surface area contributed by atoms with Crippen LogP contribution in [0, 0.1) is 0 Å². The third-order valence-corrected chi connectivity index (χ3v) is 3.96. The molecule has 1 fully saturated rings. The second kappa shape index (κ2) is 6.17. The lowest BCUT2D eigenvalue weighted by atomic mass is 10.4. The SMILES string of the molecule is NCCCS(=O)(=O)CC(=O)N1CCOCC1. The van der Waals surface area contributed by atoms with Crippen molar-refractivity contribution in [2.24, 2.45) is 5.73 Å². The molecule has 0 aromatic carbocycles. The first-order valence-electron chi connectivity index (χ1n) is 5.31. The van der Waals surface area contributed by atoms with Crippen LogP contribution in [-0.2, 0) is 19.4 Å². The third-order valence-electron chi connectivity index (χ3n) is 2.37. The van der Waals surface area contributed by atoms with Crippen molar-refractivity contribution in [1.82, 2.24) is 4.90 Å². The van der Waals surface area contributed by atoms with Crippen molar-refractivity contribution in [2.45, 2.75) is 6.42 Å². The zero-order valence-corrected chi connectivity index (χ0v) is 10.0. The van der Waals surface area contributed by atoms with Crippen molar-refractivity contribution in [2.75, 3.05) is 44.4 Å². The lowest BCUT2D eigenvalue weighted by molar-refractivity contribution is -0.132. The lowest BCUT2D eigenvalue weighted by Gasteiger charge is -2.26. The summed E-state index contributed by atoms with van der Waals surface area (Å²) >= 11 is 0. The van der Waals surface area contributed by atoms with Crippen LogP contribution in [0.2, 0.25) is 0 Å². The summed E-state index contributed by atoms with van der Waals surface area (Å²) in [6.07, 6.45) is 0.402. The fourth-order valence-corrected chi connectivity index (χ4v) is 2.78. The van der Waals surface area contributed by atoms with Gasteiger partial charge in [0.25, 0.3) is 0 Å². The van der Waals surface area contributed by atoms with Gasteiger partial charge in [-0.1, -0.05) is 0 Å². The fourth-order valence-electron chi connectivity index (χ4n) is 1.47. The van der Waals surface area contributed by atoms with Gasteiger partial charge in [0.2, 0.25) is 5.91 Å². The van der Waals surface area contributed by atoms with Gasteiger partial charge in [0.1, 0.15) is 5.75 Å². The van der Waals surface area contributed by atoms with Gasteiger partial charge in [-0.15, -0.1) is 0 Å². The van der Waals surface area contributed by atoms with Crippen molar-refractivity contribution in [1.29, 1.82) is 0 Å². The number of nitrogens with zero attached hydrogens (tertiary/aromatic N) is 1. The number of nitrogens with two attached hydrogens (primary N) is 1. The molecule has 0 unspecified atom stereocenters. The Morgan fingerprint density at radius 3 is 2.50 bits per heavy atom. The van der Waals surface area contributed by atoms with Crippen molar-refractivity contribution < 1.29 is 17.9 Å². The highest BCUT2D eigenvalue weighted by Gasteiger charge is 2.22. The number of carbonyl (C=O) groups is 1. The molecule has 1 rings (SSSR count). The maximum atomic E-state index is 11.6. The highest BCUT2D eigenvalue weighted by atomic mass is 32.2. The van der Waals surface area contributed by atoms with E-state index >= 15 is 0 Å². The van der Waals surface area contributed by atoms with Crippen molar-refractivity contribution >= 4 is 15.7 Å². The molecule has 1 aliphatic rings. The smallest absolute Gasteiger partial charge is 0.237 e. The molecular formula is C9H18N2O4S. The van der Waals surface area contributed by atoms with Crippen LogP contribution in [-0.4, -0.2) is 63.6 Å². The van der Waals surface area contributed by atoms with E-state index in [1.807, 2.05) is 0 Å². The summed E-state index contributed by atoms with van der Waals surface area (Å²) in [4.78, 5) is 13.2. The average Bonchev–Trinajstić information content (AvgIpc) is 2.27. The van der Waals surface area contributed by atoms with Gasteiger partial charge in [-0.3, -0.25) is 4.79 Å². The van der Waals surface area contributed by atoms with E-state index in [0.717, 1.165) is 0 Å². The van der Waals surface area contributed by atoms with E-state index < -0.39 is 15.6 Å². The standard InChI is InChI=1S/C9H18N2O4S/c10-2-1-7-16(13,14)8-9(12)11-3-5-15-6-4-11/h1-8,10H2. The van der Waals surface area contributed by atoms with Crippen LogP contribution in [0.1, 0.15) is 6.42 Å². The van der Waals surface area contributed by atoms with Crippen molar-refractivity contribution in [3.8, 4) is 0 Å². The summed E-state index contributed by atoms with van der Waals surface area (Å²) in [6, 6.07) is 0. The molecule has 1 amide bonds. The van der Waals surface area contributed by atoms with Crippen LogP contribution in [0.4, 0.5) is 0 Å². The Hall–Kier alpha value is -0.660. The second-order valence-corrected chi connectivity index (χ2v) is 5.91. The topological polar surface area (TPSA) is 89.7 Å². The highest BCUT2D eigenvalue weighted by molar-refractivity contribution is 7.92. The number of carbonyl (C=O) groups excluding carboxylic acids is 1. The summed E-state index contributed by atoms with van der Waals surface area (Å²) in [6.45, 7) is 2.24. The Labute approximate surface area is 95.7 Å². The van der Waals surface area contributed by atoms with Crippen LogP contribution < -0.4 is 5.73 Å². The van der Waals surface area contributed by atoms with Crippen LogP contribution in [0.5, 0.6) is 0 Å². The van der Waals surface area contributed by atoms with Gasteiger partial charge < -0.3 is 15.4 Å². The third kappa shape index (κ3) is 4.46. The molecule has 0 aromatic rings. The fraction of sp³-hybridized carbons (Fsp3) is 0.889. The maximum absolute atomic E-state index is 11.6. The van der Waals surface area contributed by atoms with Gasteiger partial charge >= 0.3 is 0 Å². The number of rotatable bonds is 5. The molecule has 2 N–H and O–H groups in total. The molecule has 0 atom stereocenters. The van der Waals surface area contributed by atoms with Gasteiger partial charge in [-0.05, 0) is 13.0 Å². The Bertz CT molecular complexity index is 322. The molecule has 0 bridgehead atoms. The number of morpholine rings is 1. The Balaban J connectivity index is 2.43. The number of hydrogen-bond donors (Lipinski definition) is 1. The van der Waals surface area contributed by atoms with Gasteiger partial charge in [0, 0.05) is 13.1 Å². The van der Waals surface area contributed by atoms with E-state index in [0.29, 0.717) is 39.3 Å². The largest absolute Gasteiger partial charge is 0.378 e. The number of sulfone groups is 1. The predicted octanol–water partition coefficient (Wildman–Crippen LogP) is -1.39. The second-order valence-electron chi connectivity index (χ2n) is 3.73. The minimum absolute atomic E-state index is 0.0143. The summed E-state index contributed by atoms with van der Waals surface area (Å²) < 4.78 is 28.1. The van der Waals surface area contributed by atoms with Crippen molar-refractivity contribution in [3.05, 3.63) is 0 Å². The Kier molecular flexibility index (Phi) is 5.17. The van der Waals surface area contributed by atoms with Crippen LogP contribution >= 0.6 is 0 Å². The molecule has 1 heterocycles. The van der Waals surface area contributed by atoms with E-state index in [-0.39, 0.29) is 11.7 Å². The first kappa shape index (κ1) is 13.4. The molecule has 6 nitrogen and oxygen atoms in total. The molecule has 1 saturated heterocycles. The monoisotopic (exact) mass is 250 g/mol. The first-order valence-corrected chi connectivity index (χ1v) is 7.13. The summed E-state index contributed by atoms with van der Waals surface area (Å²) in [5.41, 5.74) is 5.23. The van der Waals surface area contributed by atoms with Crippen LogP contribution in [0.3, 0.4) is 0 Å². The van der Waals surface area contributed by atoms with Crippen LogP contribution in [0.25, 0.3) is 0 Å². The summed E-state index contributed by atoms with van der Waals surface area (Å²) in [5, 5.41) is 0. The van der Waals surface area contributed by atoms with E-state index in [2.05, 4.69) is 0 Å². The van der Waals surface area contributed by atoms with E-state index in [1.54, 1.807) is 0 Å². The predicted molar refractivity (Wildman–Crippen MR) is 59.7 cm³/mol. The van der Waals surface area contributed by atoms with Gasteiger partial charge in [-0.25, -0.2) is 8.42 Å². The minimum atomic E-state index is -3.30. The summed E-state index contributed by atoms with van der Waals surface area (Å²) in [5.74, 6) is -0.757. The molecule has 16 heavy (non-hydrogen) atoms. The van der Waals surface area contributed by atoms with Gasteiger partial charge in [0.15, 0.2) is 9.84 Å². The van der Waals surface area contributed by atoms with E-state index in [1.165, 1.54) is 4.90 Å². The van der Waals surface area contributed by atoms with E-state index in [9.17, 15) is 13.2 Å². The molecule has 0 saturated carbocycles. The molecule has 0 aromatic heterocycles. The molecule has 0 radical (unpaired) electrons. The van der Waals surface area contributed by atoms with Gasteiger partial charge in [-0.2, -0.15) is 0 Å². The zero-order valence-electron chi connectivity index (χ0n) is 9.22. The van der Waals surface area contributed by atoms with Gasteiger partial charge in [0.05, 0.1) is 19.0 Å². The molecule has 94 valence electrons. The molecule has 7 heteroatoms. The average molecular weight is 250 g/mol.